The molecule has 0 saturated heterocycles. The molecule has 1 heterocycles. The van der Waals surface area contributed by atoms with Gasteiger partial charge in [0.25, 0.3) is 0 Å². The SMILES string of the molecule is CN(C)CCCn1c(C(N)Cc2ccc(Br)c(Br)c2)nc2cc(Cl)c(Cl)cc21. The third-order valence-corrected chi connectivity index (χ3v) is 7.18. The summed E-state index contributed by atoms with van der Waals surface area (Å²) in [5, 5.41) is 1.03. The smallest absolute Gasteiger partial charge is 0.127 e. The maximum absolute atomic E-state index is 6.60. The third kappa shape index (κ3) is 5.10. The van der Waals surface area contributed by atoms with Crippen molar-refractivity contribution < 1.29 is 0 Å². The van der Waals surface area contributed by atoms with E-state index in [1.807, 2.05) is 18.2 Å². The Morgan fingerprint density at radius 3 is 2.50 bits per heavy atom. The van der Waals surface area contributed by atoms with Crippen LogP contribution in [0.25, 0.3) is 11.0 Å². The van der Waals surface area contributed by atoms with E-state index in [0.29, 0.717) is 16.5 Å². The van der Waals surface area contributed by atoms with Crippen LogP contribution >= 0.6 is 55.1 Å². The molecule has 1 atom stereocenters. The van der Waals surface area contributed by atoms with Gasteiger partial charge in [-0.15, -0.1) is 0 Å². The van der Waals surface area contributed by atoms with Crippen molar-refractivity contribution in [3.63, 3.8) is 0 Å². The molecule has 0 saturated carbocycles. The molecule has 0 amide bonds. The minimum atomic E-state index is -0.239. The van der Waals surface area contributed by atoms with Crippen molar-refractivity contribution in [1.29, 1.82) is 0 Å². The van der Waals surface area contributed by atoms with Gasteiger partial charge in [-0.25, -0.2) is 4.98 Å². The molecule has 2 N–H and O–H groups in total. The molecular formula is C20H22Br2Cl2N4. The average molecular weight is 549 g/mol. The summed E-state index contributed by atoms with van der Waals surface area (Å²) in [6, 6.07) is 9.63. The van der Waals surface area contributed by atoms with Crippen molar-refractivity contribution in [2.45, 2.75) is 25.4 Å². The molecule has 1 unspecified atom stereocenters. The van der Waals surface area contributed by atoms with E-state index in [-0.39, 0.29) is 6.04 Å². The lowest BCUT2D eigenvalue weighted by molar-refractivity contribution is 0.384. The molecule has 28 heavy (non-hydrogen) atoms. The lowest BCUT2D eigenvalue weighted by Gasteiger charge is -2.16. The molecular weight excluding hydrogens is 527 g/mol. The van der Waals surface area contributed by atoms with Crippen molar-refractivity contribution in [2.75, 3.05) is 20.6 Å². The molecule has 4 nitrogen and oxygen atoms in total. The summed E-state index contributed by atoms with van der Waals surface area (Å²) in [6.45, 7) is 1.80. The standard InChI is InChI=1S/C20H22Br2Cl2N4/c1-27(2)6-3-7-28-19-11-16(24)15(23)10-18(19)26-20(28)17(25)9-12-4-5-13(21)14(22)8-12/h4-5,8,10-11,17H,3,6-7,9,25H2,1-2H3. The predicted octanol–water partition coefficient (Wildman–Crippen LogP) is 6.06. The number of hydrogen-bond acceptors (Lipinski definition) is 3. The summed E-state index contributed by atoms with van der Waals surface area (Å²) >= 11 is 19.5. The van der Waals surface area contributed by atoms with E-state index in [1.165, 1.54) is 0 Å². The second kappa shape index (κ2) is 9.45. The first-order chi connectivity index (χ1) is 13.3. The maximum atomic E-state index is 6.60. The topological polar surface area (TPSA) is 47.1 Å². The monoisotopic (exact) mass is 546 g/mol. The lowest BCUT2D eigenvalue weighted by Crippen LogP contribution is -2.21. The Balaban J connectivity index is 1.96. The van der Waals surface area contributed by atoms with Gasteiger partial charge in [-0.2, -0.15) is 0 Å². The van der Waals surface area contributed by atoms with Gasteiger partial charge in [0, 0.05) is 15.5 Å². The van der Waals surface area contributed by atoms with Crippen LogP contribution in [0.3, 0.4) is 0 Å². The van der Waals surface area contributed by atoms with Crippen molar-refractivity contribution >= 4 is 66.1 Å². The molecule has 0 spiro atoms. The summed E-state index contributed by atoms with van der Waals surface area (Å²) in [6.07, 6.45) is 1.67. The largest absolute Gasteiger partial charge is 0.327 e. The number of nitrogens with two attached hydrogens (primary N) is 1. The number of benzene rings is 2. The molecule has 3 rings (SSSR count). The summed E-state index contributed by atoms with van der Waals surface area (Å²) < 4.78 is 4.21. The van der Waals surface area contributed by atoms with Crippen molar-refractivity contribution in [3.05, 3.63) is 60.7 Å². The Bertz CT molecular complexity index is 988. The first-order valence-electron chi connectivity index (χ1n) is 8.95. The second-order valence-electron chi connectivity index (χ2n) is 7.09. The van der Waals surface area contributed by atoms with Gasteiger partial charge >= 0.3 is 0 Å². The van der Waals surface area contributed by atoms with Gasteiger partial charge in [-0.05, 0) is 95.2 Å². The Hall–Kier alpha value is -0.630. The number of rotatable bonds is 7. The lowest BCUT2D eigenvalue weighted by atomic mass is 10.1. The van der Waals surface area contributed by atoms with Crippen LogP contribution in [0, 0.1) is 0 Å². The van der Waals surface area contributed by atoms with Gasteiger partial charge in [0.2, 0.25) is 0 Å². The van der Waals surface area contributed by atoms with Crippen molar-refractivity contribution in [3.8, 4) is 0 Å². The first-order valence-corrected chi connectivity index (χ1v) is 11.3. The quantitative estimate of drug-likeness (QED) is 0.390. The second-order valence-corrected chi connectivity index (χ2v) is 9.62. The molecule has 0 radical (unpaired) electrons. The van der Waals surface area contributed by atoms with Crippen molar-refractivity contribution in [2.24, 2.45) is 5.73 Å². The fourth-order valence-corrected chi connectivity index (χ4v) is 4.20. The number of halogens is 4. The van der Waals surface area contributed by atoms with E-state index >= 15 is 0 Å². The highest BCUT2D eigenvalue weighted by Gasteiger charge is 2.19. The molecule has 0 aliphatic rings. The molecule has 0 aliphatic carbocycles. The Kier molecular flexibility index (Phi) is 7.45. The van der Waals surface area contributed by atoms with Crippen LogP contribution in [0.15, 0.2) is 39.3 Å². The summed E-state index contributed by atoms with van der Waals surface area (Å²) in [4.78, 5) is 6.98. The molecule has 1 aromatic heterocycles. The molecule has 2 aromatic carbocycles. The Morgan fingerprint density at radius 1 is 1.11 bits per heavy atom. The van der Waals surface area contributed by atoms with Gasteiger partial charge in [0.15, 0.2) is 0 Å². The number of nitrogens with zero attached hydrogens (tertiary/aromatic N) is 3. The van der Waals surface area contributed by atoms with Crippen molar-refractivity contribution in [1.82, 2.24) is 14.5 Å². The molecule has 0 fully saturated rings. The minimum Gasteiger partial charge on any atom is -0.327 e. The Labute approximate surface area is 192 Å². The maximum Gasteiger partial charge on any atom is 0.127 e. The van der Waals surface area contributed by atoms with E-state index in [2.05, 4.69) is 67.6 Å². The zero-order valence-electron chi connectivity index (χ0n) is 15.7. The third-order valence-electron chi connectivity index (χ3n) is 4.58. The molecule has 0 bridgehead atoms. The first kappa shape index (κ1) is 22.1. The zero-order valence-corrected chi connectivity index (χ0v) is 20.4. The van der Waals surface area contributed by atoms with Crippen LogP contribution in [0.5, 0.6) is 0 Å². The van der Waals surface area contributed by atoms with Gasteiger partial charge in [0.05, 0.1) is 27.1 Å². The summed E-state index contributed by atoms with van der Waals surface area (Å²) in [5.74, 6) is 0.853. The fourth-order valence-electron chi connectivity index (χ4n) is 3.21. The number of hydrogen-bond donors (Lipinski definition) is 1. The zero-order chi connectivity index (χ0) is 20.4. The van der Waals surface area contributed by atoms with Crippen LogP contribution in [0.2, 0.25) is 10.0 Å². The van der Waals surface area contributed by atoms with Crippen LogP contribution in [-0.2, 0) is 13.0 Å². The molecule has 150 valence electrons. The number of fused-ring (bicyclic) bond motifs is 1. The van der Waals surface area contributed by atoms with E-state index in [9.17, 15) is 0 Å². The Morgan fingerprint density at radius 2 is 1.82 bits per heavy atom. The predicted molar refractivity (Wildman–Crippen MR) is 125 cm³/mol. The van der Waals surface area contributed by atoms with E-state index in [4.69, 9.17) is 33.9 Å². The fraction of sp³-hybridized carbons (Fsp3) is 0.350. The number of imidazole rings is 1. The van der Waals surface area contributed by atoms with Gasteiger partial charge in [0.1, 0.15) is 5.82 Å². The van der Waals surface area contributed by atoms with Gasteiger partial charge < -0.3 is 15.2 Å². The molecule has 0 aliphatic heterocycles. The highest BCUT2D eigenvalue weighted by molar-refractivity contribution is 9.13. The van der Waals surface area contributed by atoms with Crippen LogP contribution < -0.4 is 5.73 Å². The van der Waals surface area contributed by atoms with Gasteiger partial charge in [-0.3, -0.25) is 0 Å². The van der Waals surface area contributed by atoms with E-state index in [1.54, 1.807) is 0 Å². The number of aromatic nitrogens is 2. The molecule has 8 heteroatoms. The molecule has 3 aromatic rings. The average Bonchev–Trinajstić information content (AvgIpc) is 2.96. The minimum absolute atomic E-state index is 0.239. The van der Waals surface area contributed by atoms with Crippen LogP contribution in [0.4, 0.5) is 0 Å². The number of aryl methyl sites for hydroxylation is 1. The van der Waals surface area contributed by atoms with Gasteiger partial charge in [-0.1, -0.05) is 29.3 Å². The normalized spacial score (nSPS) is 12.9. The van der Waals surface area contributed by atoms with Crippen LogP contribution in [0.1, 0.15) is 23.9 Å². The van der Waals surface area contributed by atoms with E-state index in [0.717, 1.165) is 50.9 Å². The summed E-state index contributed by atoms with van der Waals surface area (Å²) in [7, 11) is 4.14. The van der Waals surface area contributed by atoms with E-state index < -0.39 is 0 Å². The van der Waals surface area contributed by atoms with Crippen LogP contribution in [-0.4, -0.2) is 35.1 Å². The highest BCUT2D eigenvalue weighted by Crippen LogP contribution is 2.31. The highest BCUT2D eigenvalue weighted by atomic mass is 79.9. The summed E-state index contributed by atoms with van der Waals surface area (Å²) in [5.41, 5.74) is 9.53.